The van der Waals surface area contributed by atoms with Crippen molar-refractivity contribution in [2.24, 2.45) is 5.73 Å². The highest BCUT2D eigenvalue weighted by Crippen LogP contribution is 2.21. The molecule has 1 fully saturated rings. The van der Waals surface area contributed by atoms with Crippen LogP contribution in [0.4, 0.5) is 4.39 Å². The molecule has 2 N–H and O–H groups in total. The van der Waals surface area contributed by atoms with Crippen molar-refractivity contribution in [1.82, 2.24) is 0 Å². The first-order chi connectivity index (χ1) is 8.78. The van der Waals surface area contributed by atoms with Crippen LogP contribution >= 0.6 is 0 Å². The molecule has 0 amide bonds. The van der Waals surface area contributed by atoms with Gasteiger partial charge in [-0.25, -0.2) is 4.39 Å². The van der Waals surface area contributed by atoms with Crippen LogP contribution in [0.3, 0.4) is 0 Å². The molecule has 0 radical (unpaired) electrons. The maximum atomic E-state index is 13.3. The summed E-state index contributed by atoms with van der Waals surface area (Å²) in [5.74, 6) is -0.225. The lowest BCUT2D eigenvalue weighted by atomic mass is 10.1. The minimum absolute atomic E-state index is 0.225. The van der Waals surface area contributed by atoms with Gasteiger partial charge in [-0.1, -0.05) is 31.7 Å². The molecule has 1 aromatic rings. The summed E-state index contributed by atoms with van der Waals surface area (Å²) in [5.41, 5.74) is 7.26. The maximum Gasteiger partial charge on any atom is 0.123 e. The molecule has 1 aliphatic rings. The highest BCUT2D eigenvalue weighted by Gasteiger charge is 2.12. The SMILES string of the molecule is NCc1cc(F)cc(COC2CCCCCC2)c1. The summed E-state index contributed by atoms with van der Waals surface area (Å²) in [6, 6.07) is 4.95. The molecule has 3 heteroatoms. The van der Waals surface area contributed by atoms with Gasteiger partial charge in [-0.3, -0.25) is 0 Å². The maximum absolute atomic E-state index is 13.3. The molecule has 2 rings (SSSR count). The number of nitrogens with two attached hydrogens (primary N) is 1. The summed E-state index contributed by atoms with van der Waals surface area (Å²) in [5, 5.41) is 0. The summed E-state index contributed by atoms with van der Waals surface area (Å²) in [6.07, 6.45) is 7.76. The number of hydrogen-bond acceptors (Lipinski definition) is 2. The molecule has 0 atom stereocenters. The zero-order valence-electron chi connectivity index (χ0n) is 10.8. The normalized spacial score (nSPS) is 17.7. The van der Waals surface area contributed by atoms with E-state index in [0.717, 1.165) is 24.0 Å². The van der Waals surface area contributed by atoms with Gasteiger partial charge in [0.2, 0.25) is 0 Å². The van der Waals surface area contributed by atoms with Gasteiger partial charge in [0, 0.05) is 6.54 Å². The van der Waals surface area contributed by atoms with E-state index >= 15 is 0 Å². The van der Waals surface area contributed by atoms with E-state index in [1.54, 1.807) is 0 Å². The van der Waals surface area contributed by atoms with Crippen LogP contribution in [0.25, 0.3) is 0 Å². The van der Waals surface area contributed by atoms with Gasteiger partial charge in [0.15, 0.2) is 0 Å². The summed E-state index contributed by atoms with van der Waals surface area (Å²) < 4.78 is 19.2. The largest absolute Gasteiger partial charge is 0.374 e. The molecule has 0 aromatic heterocycles. The van der Waals surface area contributed by atoms with Crippen molar-refractivity contribution >= 4 is 0 Å². The van der Waals surface area contributed by atoms with Crippen LogP contribution in [0.1, 0.15) is 49.7 Å². The van der Waals surface area contributed by atoms with E-state index in [1.165, 1.54) is 37.8 Å². The fourth-order valence-electron chi connectivity index (χ4n) is 2.54. The summed E-state index contributed by atoms with van der Waals surface area (Å²) in [6.45, 7) is 0.865. The highest BCUT2D eigenvalue weighted by molar-refractivity contribution is 5.24. The van der Waals surface area contributed by atoms with Crippen molar-refractivity contribution in [3.63, 3.8) is 0 Å². The predicted molar refractivity (Wildman–Crippen MR) is 70.6 cm³/mol. The van der Waals surface area contributed by atoms with Gasteiger partial charge in [0.05, 0.1) is 12.7 Å². The summed E-state index contributed by atoms with van der Waals surface area (Å²) >= 11 is 0. The standard InChI is InChI=1S/C15H22FNO/c16-14-8-12(10-17)7-13(9-14)11-18-15-5-3-1-2-4-6-15/h7-9,15H,1-6,10-11,17H2. The minimum Gasteiger partial charge on any atom is -0.374 e. The van der Waals surface area contributed by atoms with Crippen molar-refractivity contribution in [2.45, 2.75) is 57.8 Å². The van der Waals surface area contributed by atoms with E-state index in [4.69, 9.17) is 10.5 Å². The van der Waals surface area contributed by atoms with Gasteiger partial charge < -0.3 is 10.5 Å². The quantitative estimate of drug-likeness (QED) is 0.831. The third-order valence-electron chi connectivity index (χ3n) is 3.54. The third kappa shape index (κ3) is 4.07. The first-order valence-electron chi connectivity index (χ1n) is 6.88. The van der Waals surface area contributed by atoms with E-state index < -0.39 is 0 Å². The van der Waals surface area contributed by atoms with Crippen molar-refractivity contribution in [2.75, 3.05) is 0 Å². The van der Waals surface area contributed by atoms with Crippen LogP contribution in [0, 0.1) is 5.82 Å². The lowest BCUT2D eigenvalue weighted by Crippen LogP contribution is -2.11. The van der Waals surface area contributed by atoms with E-state index in [2.05, 4.69) is 0 Å². The first-order valence-corrected chi connectivity index (χ1v) is 6.88. The molecular formula is C15H22FNO. The van der Waals surface area contributed by atoms with E-state index in [9.17, 15) is 4.39 Å². The van der Waals surface area contributed by atoms with E-state index in [-0.39, 0.29) is 5.82 Å². The molecule has 1 aliphatic carbocycles. The Balaban J connectivity index is 1.90. The van der Waals surface area contributed by atoms with Gasteiger partial charge in [0.1, 0.15) is 5.82 Å². The minimum atomic E-state index is -0.225. The average molecular weight is 251 g/mol. The molecular weight excluding hydrogens is 229 g/mol. The van der Waals surface area contributed by atoms with Crippen molar-refractivity contribution in [3.8, 4) is 0 Å². The topological polar surface area (TPSA) is 35.2 Å². The average Bonchev–Trinajstić information content (AvgIpc) is 2.64. The summed E-state index contributed by atoms with van der Waals surface area (Å²) in [4.78, 5) is 0. The molecule has 0 saturated heterocycles. The number of halogens is 1. The molecule has 0 unspecified atom stereocenters. The Morgan fingerprint density at radius 3 is 2.39 bits per heavy atom. The van der Waals surface area contributed by atoms with Gasteiger partial charge in [-0.15, -0.1) is 0 Å². The molecule has 18 heavy (non-hydrogen) atoms. The Labute approximate surface area is 108 Å². The van der Waals surface area contributed by atoms with Crippen LogP contribution in [-0.2, 0) is 17.9 Å². The van der Waals surface area contributed by atoms with Gasteiger partial charge in [0.25, 0.3) is 0 Å². The van der Waals surface area contributed by atoms with Gasteiger partial charge in [-0.2, -0.15) is 0 Å². The summed E-state index contributed by atoms with van der Waals surface area (Å²) in [7, 11) is 0. The Bertz CT molecular complexity index is 373. The predicted octanol–water partition coefficient (Wildman–Crippen LogP) is 3.52. The zero-order valence-corrected chi connectivity index (χ0v) is 10.8. The fourth-order valence-corrected chi connectivity index (χ4v) is 2.54. The smallest absolute Gasteiger partial charge is 0.123 e. The Morgan fingerprint density at radius 1 is 1.06 bits per heavy atom. The van der Waals surface area contributed by atoms with Crippen molar-refractivity contribution < 1.29 is 9.13 Å². The van der Waals surface area contributed by atoms with Crippen molar-refractivity contribution in [1.29, 1.82) is 0 Å². The molecule has 0 spiro atoms. The second-order valence-corrected chi connectivity index (χ2v) is 5.10. The molecule has 100 valence electrons. The number of ether oxygens (including phenoxy) is 1. The molecule has 1 aromatic carbocycles. The Morgan fingerprint density at radius 2 is 1.72 bits per heavy atom. The van der Waals surface area contributed by atoms with E-state index in [0.29, 0.717) is 19.3 Å². The zero-order chi connectivity index (χ0) is 12.8. The lowest BCUT2D eigenvalue weighted by molar-refractivity contribution is 0.0308. The Hall–Kier alpha value is -0.930. The second kappa shape index (κ2) is 6.86. The monoisotopic (exact) mass is 251 g/mol. The fraction of sp³-hybridized carbons (Fsp3) is 0.600. The first kappa shape index (κ1) is 13.5. The van der Waals surface area contributed by atoms with E-state index in [1.807, 2.05) is 6.07 Å². The van der Waals surface area contributed by atoms with Crippen LogP contribution in [0.15, 0.2) is 18.2 Å². The molecule has 1 saturated carbocycles. The third-order valence-corrected chi connectivity index (χ3v) is 3.54. The van der Waals surface area contributed by atoms with Crippen LogP contribution in [0.2, 0.25) is 0 Å². The van der Waals surface area contributed by atoms with Gasteiger partial charge >= 0.3 is 0 Å². The molecule has 0 aliphatic heterocycles. The Kier molecular flexibility index (Phi) is 5.14. The number of rotatable bonds is 4. The van der Waals surface area contributed by atoms with Crippen LogP contribution < -0.4 is 5.73 Å². The van der Waals surface area contributed by atoms with Crippen LogP contribution in [0.5, 0.6) is 0 Å². The van der Waals surface area contributed by atoms with Crippen LogP contribution in [-0.4, -0.2) is 6.10 Å². The molecule has 0 bridgehead atoms. The highest BCUT2D eigenvalue weighted by atomic mass is 19.1. The van der Waals surface area contributed by atoms with Crippen molar-refractivity contribution in [3.05, 3.63) is 35.1 Å². The lowest BCUT2D eigenvalue weighted by Gasteiger charge is -2.15. The molecule has 0 heterocycles. The molecule has 2 nitrogen and oxygen atoms in total. The second-order valence-electron chi connectivity index (χ2n) is 5.10. The number of benzene rings is 1. The van der Waals surface area contributed by atoms with Gasteiger partial charge in [-0.05, 0) is 36.1 Å². The number of hydrogen-bond donors (Lipinski definition) is 1.